The summed E-state index contributed by atoms with van der Waals surface area (Å²) in [7, 11) is 1.39. The Balaban J connectivity index is 2.32. The number of rotatable bonds is 8. The average Bonchev–Trinajstić information content (AvgIpc) is 2.42. The molecule has 0 aliphatic rings. The molecular formula is C13H18F3O3Si. The average molecular weight is 307 g/mol. The summed E-state index contributed by atoms with van der Waals surface area (Å²) in [6.45, 7) is 0.481. The molecule has 1 aromatic rings. The van der Waals surface area contributed by atoms with Gasteiger partial charge in [-0.2, -0.15) is 13.2 Å². The Morgan fingerprint density at radius 2 is 1.80 bits per heavy atom. The summed E-state index contributed by atoms with van der Waals surface area (Å²) in [5.41, 5.74) is 0.0827. The van der Waals surface area contributed by atoms with Gasteiger partial charge in [0, 0.05) is 20.8 Å². The van der Waals surface area contributed by atoms with Crippen LogP contribution in [-0.2, 0) is 25.9 Å². The van der Waals surface area contributed by atoms with Crippen LogP contribution in [-0.4, -0.2) is 30.4 Å². The first-order valence-electron chi connectivity index (χ1n) is 6.21. The lowest BCUT2D eigenvalue weighted by Crippen LogP contribution is -2.24. The minimum absolute atomic E-state index is 0.481. The number of aryl methyl sites for hydroxylation is 1. The van der Waals surface area contributed by atoms with Crippen molar-refractivity contribution in [3.63, 3.8) is 0 Å². The van der Waals surface area contributed by atoms with E-state index in [4.69, 9.17) is 13.3 Å². The molecular weight excluding hydrogens is 289 g/mol. The number of benzene rings is 1. The fourth-order valence-corrected chi connectivity index (χ4v) is 2.40. The highest BCUT2D eigenvalue weighted by Gasteiger charge is 2.30. The van der Waals surface area contributed by atoms with Crippen LogP contribution >= 0.6 is 0 Å². The van der Waals surface area contributed by atoms with Crippen molar-refractivity contribution in [2.45, 2.75) is 25.4 Å². The Morgan fingerprint density at radius 3 is 2.40 bits per heavy atom. The van der Waals surface area contributed by atoms with Crippen LogP contribution in [0.1, 0.15) is 24.0 Å². The molecule has 0 aliphatic carbocycles. The summed E-state index contributed by atoms with van der Waals surface area (Å²) in [5, 5.41) is 0. The molecule has 0 heterocycles. The maximum atomic E-state index is 12.5. The molecule has 0 spiro atoms. The van der Waals surface area contributed by atoms with E-state index in [2.05, 4.69) is 0 Å². The first kappa shape index (κ1) is 17.2. The number of hydrogen-bond donors (Lipinski definition) is 0. The predicted molar refractivity (Wildman–Crippen MR) is 70.1 cm³/mol. The van der Waals surface area contributed by atoms with Crippen LogP contribution in [0, 0.1) is 0 Å². The van der Waals surface area contributed by atoms with Crippen LogP contribution in [0.25, 0.3) is 0 Å². The summed E-state index contributed by atoms with van der Waals surface area (Å²) in [5.74, 6) is 0. The largest absolute Gasteiger partial charge is 0.577 e. The lowest BCUT2D eigenvalue weighted by molar-refractivity contribution is -0.137. The van der Waals surface area contributed by atoms with E-state index >= 15 is 0 Å². The van der Waals surface area contributed by atoms with Crippen LogP contribution in [0.3, 0.4) is 0 Å². The van der Waals surface area contributed by atoms with Crippen LogP contribution in [0.15, 0.2) is 24.3 Å². The number of unbranched alkanes of at least 4 members (excludes halogenated alkanes) is 1. The zero-order valence-electron chi connectivity index (χ0n) is 11.5. The Morgan fingerprint density at radius 1 is 1.10 bits per heavy atom. The topological polar surface area (TPSA) is 27.7 Å². The van der Waals surface area contributed by atoms with Gasteiger partial charge >= 0.3 is 15.7 Å². The van der Waals surface area contributed by atoms with E-state index in [0.29, 0.717) is 18.6 Å². The molecule has 3 nitrogen and oxygen atoms in total. The molecule has 1 radical (unpaired) electrons. The minimum atomic E-state index is -4.28. The first-order chi connectivity index (χ1) is 9.47. The third-order valence-corrected chi connectivity index (χ3v) is 3.77. The van der Waals surface area contributed by atoms with Crippen LogP contribution < -0.4 is 0 Å². The molecule has 113 valence electrons. The number of halogens is 3. The minimum Gasteiger partial charge on any atom is -0.375 e. The maximum absolute atomic E-state index is 12.5. The van der Waals surface area contributed by atoms with E-state index in [0.717, 1.165) is 18.9 Å². The highest BCUT2D eigenvalue weighted by atomic mass is 28.3. The molecule has 1 aromatic carbocycles. The molecule has 7 heteroatoms. The maximum Gasteiger partial charge on any atom is 0.577 e. The van der Waals surface area contributed by atoms with Gasteiger partial charge in [-0.25, -0.2) is 0 Å². The molecule has 0 saturated carbocycles. The van der Waals surface area contributed by atoms with Gasteiger partial charge in [0.25, 0.3) is 0 Å². The van der Waals surface area contributed by atoms with E-state index in [1.165, 1.54) is 26.4 Å². The highest BCUT2D eigenvalue weighted by molar-refractivity contribution is 6.36. The molecule has 0 fully saturated rings. The molecule has 0 N–H and O–H groups in total. The zero-order chi connectivity index (χ0) is 15.0. The Hall–Kier alpha value is -0.893. The summed E-state index contributed by atoms with van der Waals surface area (Å²) in [4.78, 5) is 0. The van der Waals surface area contributed by atoms with Gasteiger partial charge in [0.15, 0.2) is 0 Å². The van der Waals surface area contributed by atoms with Crippen LogP contribution in [0.5, 0.6) is 0 Å². The quantitative estimate of drug-likeness (QED) is 0.545. The van der Waals surface area contributed by atoms with Crippen LogP contribution in [0.2, 0.25) is 0 Å². The van der Waals surface area contributed by atoms with Gasteiger partial charge < -0.3 is 13.3 Å². The normalized spacial score (nSPS) is 12.1. The van der Waals surface area contributed by atoms with Gasteiger partial charge in [-0.15, -0.1) is 0 Å². The van der Waals surface area contributed by atoms with Crippen LogP contribution in [0.4, 0.5) is 13.2 Å². The highest BCUT2D eigenvalue weighted by Crippen LogP contribution is 2.29. The van der Waals surface area contributed by atoms with E-state index < -0.39 is 21.3 Å². The molecule has 0 saturated heterocycles. The van der Waals surface area contributed by atoms with E-state index in [1.54, 1.807) is 6.07 Å². The fourth-order valence-electron chi connectivity index (χ4n) is 1.69. The van der Waals surface area contributed by atoms with Crippen molar-refractivity contribution >= 4 is 9.53 Å². The van der Waals surface area contributed by atoms with Gasteiger partial charge in [0.05, 0.1) is 5.56 Å². The summed E-state index contributed by atoms with van der Waals surface area (Å²) in [6.07, 6.45) is -2.19. The first-order valence-corrected chi connectivity index (χ1v) is 7.43. The van der Waals surface area contributed by atoms with E-state index in [-0.39, 0.29) is 0 Å². The van der Waals surface area contributed by atoms with Crippen molar-refractivity contribution in [1.82, 2.24) is 0 Å². The van der Waals surface area contributed by atoms with Gasteiger partial charge in [0.1, 0.15) is 0 Å². The third-order valence-electron chi connectivity index (χ3n) is 2.67. The Bertz CT molecular complexity index is 395. The molecule has 20 heavy (non-hydrogen) atoms. The van der Waals surface area contributed by atoms with Gasteiger partial charge in [0.2, 0.25) is 0 Å². The molecule has 0 atom stereocenters. The monoisotopic (exact) mass is 307 g/mol. The molecule has 0 unspecified atom stereocenters. The second-order valence-corrected chi connectivity index (χ2v) is 5.77. The zero-order valence-corrected chi connectivity index (χ0v) is 12.5. The van der Waals surface area contributed by atoms with Crippen molar-refractivity contribution in [3.8, 4) is 0 Å². The molecule has 0 aliphatic heterocycles. The molecule has 0 bridgehead atoms. The second-order valence-electron chi connectivity index (χ2n) is 4.16. The number of hydrogen-bond acceptors (Lipinski definition) is 3. The van der Waals surface area contributed by atoms with Gasteiger partial charge in [-0.3, -0.25) is 0 Å². The van der Waals surface area contributed by atoms with Gasteiger partial charge in [-0.1, -0.05) is 18.2 Å². The smallest absolute Gasteiger partial charge is 0.375 e. The molecule has 1 rings (SSSR count). The standard InChI is InChI=1S/C13H18F3O3Si/c1-17-20(18-2)19-9-4-3-6-11-7-5-8-12(10-11)13(14,15)16/h5,7-8,10H,3-4,6,9H2,1-2H3. The van der Waals surface area contributed by atoms with Crippen molar-refractivity contribution in [1.29, 1.82) is 0 Å². The van der Waals surface area contributed by atoms with Crippen molar-refractivity contribution < 1.29 is 26.4 Å². The van der Waals surface area contributed by atoms with Crippen molar-refractivity contribution in [2.75, 3.05) is 20.8 Å². The second kappa shape index (κ2) is 8.41. The summed E-state index contributed by atoms with van der Waals surface area (Å²) >= 11 is 0. The Labute approximate surface area is 118 Å². The number of alkyl halides is 3. The predicted octanol–water partition coefficient (Wildman–Crippen LogP) is 3.32. The SMILES string of the molecule is CO[Si](OC)OCCCCc1cccc(C(F)(F)F)c1. The summed E-state index contributed by atoms with van der Waals surface area (Å²) in [6, 6.07) is 5.42. The lowest BCUT2D eigenvalue weighted by Gasteiger charge is -2.10. The summed E-state index contributed by atoms with van der Waals surface area (Å²) < 4.78 is 52.8. The lowest BCUT2D eigenvalue weighted by atomic mass is 10.1. The third kappa shape index (κ3) is 6.04. The fraction of sp³-hybridized carbons (Fsp3) is 0.538. The molecule has 0 aromatic heterocycles. The molecule has 0 amide bonds. The van der Waals surface area contributed by atoms with Crippen molar-refractivity contribution in [2.24, 2.45) is 0 Å². The van der Waals surface area contributed by atoms with Gasteiger partial charge in [-0.05, 0) is 30.9 Å². The van der Waals surface area contributed by atoms with Crippen molar-refractivity contribution in [3.05, 3.63) is 35.4 Å². The van der Waals surface area contributed by atoms with E-state index in [9.17, 15) is 13.2 Å². The van der Waals surface area contributed by atoms with E-state index in [1.807, 2.05) is 0 Å². The Kier molecular flexibility index (Phi) is 7.21.